The molecule has 0 saturated carbocycles. The van der Waals surface area contributed by atoms with Crippen LogP contribution in [0.2, 0.25) is 0 Å². The lowest BCUT2D eigenvalue weighted by Gasteiger charge is -2.26. The van der Waals surface area contributed by atoms with Gasteiger partial charge in [-0.25, -0.2) is 0 Å². The predicted octanol–water partition coefficient (Wildman–Crippen LogP) is 2.89. The summed E-state index contributed by atoms with van der Waals surface area (Å²) >= 11 is 3.41. The molecule has 1 N–H and O–H groups in total. The molecule has 0 spiro atoms. The van der Waals surface area contributed by atoms with E-state index in [0.717, 1.165) is 36.0 Å². The summed E-state index contributed by atoms with van der Waals surface area (Å²) in [6.07, 6.45) is 3.78. The third-order valence-electron chi connectivity index (χ3n) is 3.75. The predicted molar refractivity (Wildman–Crippen MR) is 86.3 cm³/mol. The van der Waals surface area contributed by atoms with Crippen LogP contribution in [0.1, 0.15) is 41.6 Å². The van der Waals surface area contributed by atoms with Gasteiger partial charge in [-0.3, -0.25) is 9.59 Å². The lowest BCUT2D eigenvalue weighted by molar-refractivity contribution is -0.131. The van der Waals surface area contributed by atoms with Crippen LogP contribution in [-0.2, 0) is 4.79 Å². The second-order valence-electron chi connectivity index (χ2n) is 5.41. The number of carbonyl (C=O) groups is 2. The van der Waals surface area contributed by atoms with E-state index in [1.54, 1.807) is 6.07 Å². The van der Waals surface area contributed by atoms with Gasteiger partial charge in [0.2, 0.25) is 5.91 Å². The number of hydrogen-bond donors (Lipinski definition) is 1. The summed E-state index contributed by atoms with van der Waals surface area (Å²) in [6, 6.07) is 5.48. The molecule has 5 heteroatoms. The molecule has 0 atom stereocenters. The van der Waals surface area contributed by atoms with Crippen LogP contribution >= 0.6 is 15.9 Å². The second kappa shape index (κ2) is 7.59. The number of carbonyl (C=O) groups excluding carboxylic acids is 2. The fourth-order valence-corrected chi connectivity index (χ4v) is 2.72. The standard InChI is InChI=1S/C16H21BrN2O2/c1-12-11-13(5-6-14(12)17)16(21)18-8-7-15(20)19-9-3-2-4-10-19/h5-6,11H,2-4,7-10H2,1H3,(H,18,21). The van der Waals surface area contributed by atoms with Gasteiger partial charge in [-0.15, -0.1) is 0 Å². The normalized spacial score (nSPS) is 14.9. The highest BCUT2D eigenvalue weighted by Gasteiger charge is 2.16. The van der Waals surface area contributed by atoms with E-state index < -0.39 is 0 Å². The zero-order valence-electron chi connectivity index (χ0n) is 12.3. The second-order valence-corrected chi connectivity index (χ2v) is 6.27. The van der Waals surface area contributed by atoms with E-state index in [0.29, 0.717) is 18.5 Å². The van der Waals surface area contributed by atoms with Gasteiger partial charge in [-0.05, 0) is 49.9 Å². The molecule has 0 aromatic heterocycles. The Morgan fingerprint density at radius 3 is 2.62 bits per heavy atom. The Labute approximate surface area is 134 Å². The SMILES string of the molecule is Cc1cc(C(=O)NCCC(=O)N2CCCCC2)ccc1Br. The lowest BCUT2D eigenvalue weighted by atomic mass is 10.1. The molecule has 1 aromatic carbocycles. The summed E-state index contributed by atoms with van der Waals surface area (Å²) in [5, 5.41) is 2.81. The molecule has 0 aliphatic carbocycles. The Balaban J connectivity index is 1.78. The third-order valence-corrected chi connectivity index (χ3v) is 4.64. The van der Waals surface area contributed by atoms with Crippen LogP contribution in [0.25, 0.3) is 0 Å². The Hall–Kier alpha value is -1.36. The van der Waals surface area contributed by atoms with Crippen LogP contribution in [0, 0.1) is 6.92 Å². The molecule has 1 aliphatic rings. The van der Waals surface area contributed by atoms with Crippen LogP contribution in [0.5, 0.6) is 0 Å². The van der Waals surface area contributed by atoms with Crippen LogP contribution in [0.3, 0.4) is 0 Å². The Kier molecular flexibility index (Phi) is 5.79. The molecular formula is C16H21BrN2O2. The van der Waals surface area contributed by atoms with Crippen molar-refractivity contribution in [2.75, 3.05) is 19.6 Å². The zero-order valence-corrected chi connectivity index (χ0v) is 13.9. The number of likely N-dealkylation sites (tertiary alicyclic amines) is 1. The van der Waals surface area contributed by atoms with Crippen molar-refractivity contribution in [2.45, 2.75) is 32.6 Å². The maximum absolute atomic E-state index is 12.0. The summed E-state index contributed by atoms with van der Waals surface area (Å²) in [5.41, 5.74) is 1.65. The summed E-state index contributed by atoms with van der Waals surface area (Å²) < 4.78 is 0.985. The number of halogens is 1. The van der Waals surface area contributed by atoms with E-state index in [2.05, 4.69) is 21.2 Å². The molecule has 0 radical (unpaired) electrons. The van der Waals surface area contributed by atoms with Crippen molar-refractivity contribution in [3.8, 4) is 0 Å². The minimum absolute atomic E-state index is 0.128. The molecule has 1 aliphatic heterocycles. The third kappa shape index (κ3) is 4.56. The monoisotopic (exact) mass is 352 g/mol. The smallest absolute Gasteiger partial charge is 0.251 e. The number of amides is 2. The molecule has 0 bridgehead atoms. The van der Waals surface area contributed by atoms with Crippen molar-refractivity contribution in [1.29, 1.82) is 0 Å². The molecule has 114 valence electrons. The van der Waals surface area contributed by atoms with Crippen molar-refractivity contribution in [3.63, 3.8) is 0 Å². The van der Waals surface area contributed by atoms with Crippen LogP contribution in [-0.4, -0.2) is 36.3 Å². The van der Waals surface area contributed by atoms with E-state index in [9.17, 15) is 9.59 Å². The van der Waals surface area contributed by atoms with E-state index >= 15 is 0 Å². The van der Waals surface area contributed by atoms with Crippen LogP contribution in [0.15, 0.2) is 22.7 Å². The van der Waals surface area contributed by atoms with Gasteiger partial charge < -0.3 is 10.2 Å². The maximum atomic E-state index is 12.0. The van der Waals surface area contributed by atoms with E-state index in [1.807, 2.05) is 24.0 Å². The topological polar surface area (TPSA) is 49.4 Å². The number of rotatable bonds is 4. The molecule has 1 aromatic rings. The van der Waals surface area contributed by atoms with Gasteiger partial charge in [0.1, 0.15) is 0 Å². The van der Waals surface area contributed by atoms with Crippen molar-refractivity contribution < 1.29 is 9.59 Å². The molecule has 2 rings (SSSR count). The zero-order chi connectivity index (χ0) is 15.2. The molecular weight excluding hydrogens is 332 g/mol. The average molecular weight is 353 g/mol. The highest BCUT2D eigenvalue weighted by Crippen LogP contribution is 2.17. The molecule has 2 amide bonds. The van der Waals surface area contributed by atoms with Crippen LogP contribution in [0.4, 0.5) is 0 Å². The van der Waals surface area contributed by atoms with Gasteiger partial charge in [0.25, 0.3) is 5.91 Å². The first-order valence-electron chi connectivity index (χ1n) is 7.40. The van der Waals surface area contributed by atoms with Crippen molar-refractivity contribution in [1.82, 2.24) is 10.2 Å². The molecule has 4 nitrogen and oxygen atoms in total. The van der Waals surface area contributed by atoms with Gasteiger partial charge in [0, 0.05) is 36.1 Å². The minimum Gasteiger partial charge on any atom is -0.352 e. The van der Waals surface area contributed by atoms with E-state index in [1.165, 1.54) is 6.42 Å². The first-order valence-corrected chi connectivity index (χ1v) is 8.19. The minimum atomic E-state index is -0.128. The summed E-state index contributed by atoms with van der Waals surface area (Å²) in [5.74, 6) is 0.0130. The highest BCUT2D eigenvalue weighted by molar-refractivity contribution is 9.10. The molecule has 0 unspecified atom stereocenters. The lowest BCUT2D eigenvalue weighted by Crippen LogP contribution is -2.37. The average Bonchev–Trinajstić information content (AvgIpc) is 2.50. The molecule has 21 heavy (non-hydrogen) atoms. The number of aryl methyl sites for hydroxylation is 1. The van der Waals surface area contributed by atoms with Gasteiger partial charge in [0.15, 0.2) is 0 Å². The van der Waals surface area contributed by atoms with Gasteiger partial charge in [-0.2, -0.15) is 0 Å². The van der Waals surface area contributed by atoms with Crippen LogP contribution < -0.4 is 5.32 Å². The fourth-order valence-electron chi connectivity index (χ4n) is 2.47. The number of nitrogens with zero attached hydrogens (tertiary/aromatic N) is 1. The Morgan fingerprint density at radius 2 is 1.95 bits per heavy atom. The largest absolute Gasteiger partial charge is 0.352 e. The Morgan fingerprint density at radius 1 is 1.24 bits per heavy atom. The van der Waals surface area contributed by atoms with Crippen molar-refractivity contribution >= 4 is 27.7 Å². The number of benzene rings is 1. The Bertz CT molecular complexity index is 525. The van der Waals surface area contributed by atoms with Gasteiger partial charge in [0.05, 0.1) is 0 Å². The first kappa shape index (κ1) is 16.0. The number of hydrogen-bond acceptors (Lipinski definition) is 2. The highest BCUT2D eigenvalue weighted by atomic mass is 79.9. The quantitative estimate of drug-likeness (QED) is 0.905. The van der Waals surface area contributed by atoms with E-state index in [4.69, 9.17) is 0 Å². The summed E-state index contributed by atoms with van der Waals surface area (Å²) in [4.78, 5) is 25.9. The van der Waals surface area contributed by atoms with Crippen molar-refractivity contribution in [3.05, 3.63) is 33.8 Å². The van der Waals surface area contributed by atoms with Crippen molar-refractivity contribution in [2.24, 2.45) is 0 Å². The van der Waals surface area contributed by atoms with E-state index in [-0.39, 0.29) is 11.8 Å². The summed E-state index contributed by atoms with van der Waals surface area (Å²) in [6.45, 7) is 4.06. The summed E-state index contributed by atoms with van der Waals surface area (Å²) in [7, 11) is 0. The van der Waals surface area contributed by atoms with Gasteiger partial charge in [-0.1, -0.05) is 15.9 Å². The maximum Gasteiger partial charge on any atom is 0.251 e. The molecule has 1 fully saturated rings. The first-order chi connectivity index (χ1) is 10.1. The molecule has 1 heterocycles. The van der Waals surface area contributed by atoms with Gasteiger partial charge >= 0.3 is 0 Å². The number of piperidine rings is 1. The fraction of sp³-hybridized carbons (Fsp3) is 0.500. The number of nitrogens with one attached hydrogen (secondary N) is 1. The molecule has 1 saturated heterocycles.